The lowest BCUT2D eigenvalue weighted by atomic mass is 9.72. The van der Waals surface area contributed by atoms with Crippen molar-refractivity contribution in [2.75, 3.05) is 19.8 Å². The number of primary amides is 1. The Hall–Kier alpha value is -2.88. The Balaban J connectivity index is 1.20. The summed E-state index contributed by atoms with van der Waals surface area (Å²) in [4.78, 5) is 19.9. The molecule has 0 aromatic carbocycles. The molecule has 1 amide bonds. The van der Waals surface area contributed by atoms with Crippen LogP contribution in [0, 0.1) is 5.41 Å². The van der Waals surface area contributed by atoms with Gasteiger partial charge >= 0.3 is 0 Å². The molecule has 2 aliphatic carbocycles. The molecule has 3 heterocycles. The van der Waals surface area contributed by atoms with E-state index in [0.29, 0.717) is 65.1 Å². The minimum Gasteiger partial charge on any atom is -0.491 e. The van der Waals surface area contributed by atoms with E-state index in [9.17, 15) is 4.79 Å². The van der Waals surface area contributed by atoms with E-state index >= 15 is 0 Å². The lowest BCUT2D eigenvalue weighted by Crippen LogP contribution is -2.31. The van der Waals surface area contributed by atoms with Crippen molar-refractivity contribution in [2.45, 2.75) is 77.2 Å². The number of pyridine rings is 2. The van der Waals surface area contributed by atoms with Gasteiger partial charge in [0, 0.05) is 47.5 Å². The summed E-state index contributed by atoms with van der Waals surface area (Å²) < 4.78 is 23.8. The van der Waals surface area contributed by atoms with Gasteiger partial charge in [-0.05, 0) is 45.4 Å². The van der Waals surface area contributed by atoms with Crippen molar-refractivity contribution >= 4 is 29.1 Å². The molecule has 0 radical (unpaired) electrons. The molecule has 3 aromatic heterocycles. The van der Waals surface area contributed by atoms with Gasteiger partial charge in [-0.2, -0.15) is 0 Å². The number of rotatable bonds is 14. The zero-order valence-electron chi connectivity index (χ0n) is 23.3. The van der Waals surface area contributed by atoms with Gasteiger partial charge < -0.3 is 24.5 Å². The highest BCUT2D eigenvalue weighted by Crippen LogP contribution is 2.46. The molecule has 0 atom stereocenters. The van der Waals surface area contributed by atoms with Gasteiger partial charge in [-0.3, -0.25) is 9.78 Å². The first-order chi connectivity index (χ1) is 19.9. The minimum absolute atomic E-state index is 0.0510. The molecule has 2 fully saturated rings. The summed E-state index contributed by atoms with van der Waals surface area (Å²) in [5.74, 6) is 1.52. The number of nitrogens with zero attached hydrogens (tertiary/aromatic N) is 3. The summed E-state index contributed by atoms with van der Waals surface area (Å²) in [7, 11) is 0. The molecule has 2 N–H and O–H groups in total. The molecule has 2 saturated carbocycles. The second-order valence-corrected chi connectivity index (χ2v) is 11.8. The number of carbonyl (C=O) groups excluding carboxylic acids is 1. The van der Waals surface area contributed by atoms with Crippen LogP contribution in [0.1, 0.15) is 92.4 Å². The van der Waals surface area contributed by atoms with Crippen LogP contribution >= 0.6 is 23.2 Å². The number of hydrogen-bond donors (Lipinski definition) is 1. The standard InChI is InChI=1S/C30H36Cl2N4O5/c1-2-39-24-13-20(14-35-27(24)29(33)37)40-18-30(9-4-3-5-10-30)11-6-12-38-17-21-26(36-41-28(21)19-7-8-19)25-22(31)15-34-16-23(25)32/h13-16,19H,2-12,17-18H2,1H3,(H2,33,37). The van der Waals surface area contributed by atoms with E-state index in [1.165, 1.54) is 25.5 Å². The third kappa shape index (κ3) is 7.13. The van der Waals surface area contributed by atoms with E-state index in [-0.39, 0.29) is 11.1 Å². The maximum Gasteiger partial charge on any atom is 0.271 e. The molecular weight excluding hydrogens is 567 g/mol. The fraction of sp³-hybridized carbons (Fsp3) is 0.533. The Bertz CT molecular complexity index is 1330. The molecule has 0 aliphatic heterocycles. The first kappa shape index (κ1) is 29.6. The maximum atomic E-state index is 11.7. The molecule has 5 rings (SSSR count). The lowest BCUT2D eigenvalue weighted by molar-refractivity contribution is 0.0612. The molecular formula is C30H36Cl2N4O5. The molecule has 0 saturated heterocycles. The van der Waals surface area contributed by atoms with Gasteiger partial charge in [0.2, 0.25) is 0 Å². The van der Waals surface area contributed by atoms with E-state index in [2.05, 4.69) is 15.1 Å². The van der Waals surface area contributed by atoms with Crippen LogP contribution in [0.5, 0.6) is 11.5 Å². The summed E-state index contributed by atoms with van der Waals surface area (Å²) in [5.41, 5.74) is 7.76. The first-order valence-corrected chi connectivity index (χ1v) is 15.1. The van der Waals surface area contributed by atoms with Crippen molar-refractivity contribution < 1.29 is 23.5 Å². The third-order valence-corrected chi connectivity index (χ3v) is 8.49. The molecule has 0 spiro atoms. The molecule has 41 heavy (non-hydrogen) atoms. The lowest BCUT2D eigenvalue weighted by Gasteiger charge is -2.37. The normalized spacial score (nSPS) is 16.5. The van der Waals surface area contributed by atoms with Crippen LogP contribution in [0.2, 0.25) is 10.0 Å². The molecule has 0 unspecified atom stereocenters. The number of amides is 1. The van der Waals surface area contributed by atoms with E-state index in [1.54, 1.807) is 18.5 Å². The maximum absolute atomic E-state index is 11.7. The highest BCUT2D eigenvalue weighted by atomic mass is 35.5. The predicted octanol–water partition coefficient (Wildman–Crippen LogP) is 7.14. The van der Waals surface area contributed by atoms with Gasteiger partial charge in [-0.15, -0.1) is 0 Å². The quantitative estimate of drug-likeness (QED) is 0.193. The highest BCUT2D eigenvalue weighted by Gasteiger charge is 2.34. The highest BCUT2D eigenvalue weighted by molar-refractivity contribution is 6.38. The van der Waals surface area contributed by atoms with Crippen molar-refractivity contribution in [3.8, 4) is 22.8 Å². The van der Waals surface area contributed by atoms with Crippen LogP contribution in [0.15, 0.2) is 29.2 Å². The van der Waals surface area contributed by atoms with Crippen LogP contribution in [-0.4, -0.2) is 40.9 Å². The van der Waals surface area contributed by atoms with Crippen LogP contribution in [0.4, 0.5) is 0 Å². The average Bonchev–Trinajstić information content (AvgIpc) is 3.73. The Morgan fingerprint density at radius 2 is 1.88 bits per heavy atom. The Labute approximate surface area is 250 Å². The molecule has 220 valence electrons. The van der Waals surface area contributed by atoms with E-state index in [1.807, 2.05) is 6.92 Å². The van der Waals surface area contributed by atoms with Gasteiger partial charge in [0.25, 0.3) is 5.91 Å². The van der Waals surface area contributed by atoms with E-state index in [0.717, 1.165) is 49.8 Å². The van der Waals surface area contributed by atoms with E-state index < -0.39 is 5.91 Å². The van der Waals surface area contributed by atoms with Crippen molar-refractivity contribution in [3.05, 3.63) is 51.7 Å². The fourth-order valence-corrected chi connectivity index (χ4v) is 6.19. The molecule has 0 bridgehead atoms. The summed E-state index contributed by atoms with van der Waals surface area (Å²) in [6, 6.07) is 1.70. The van der Waals surface area contributed by atoms with E-state index in [4.69, 9.17) is 47.7 Å². The van der Waals surface area contributed by atoms with Crippen molar-refractivity contribution in [1.82, 2.24) is 15.1 Å². The number of halogens is 2. The second-order valence-electron chi connectivity index (χ2n) is 10.9. The van der Waals surface area contributed by atoms with Gasteiger partial charge in [0.1, 0.15) is 17.2 Å². The zero-order chi connectivity index (χ0) is 28.8. The number of aromatic nitrogens is 3. The van der Waals surface area contributed by atoms with Crippen molar-refractivity contribution in [3.63, 3.8) is 0 Å². The van der Waals surface area contributed by atoms with Crippen molar-refractivity contribution in [1.29, 1.82) is 0 Å². The monoisotopic (exact) mass is 602 g/mol. The summed E-state index contributed by atoms with van der Waals surface area (Å²) in [6.07, 6.45) is 14.5. The average molecular weight is 604 g/mol. The number of carbonyl (C=O) groups is 1. The third-order valence-electron chi connectivity index (χ3n) is 7.92. The Morgan fingerprint density at radius 3 is 2.56 bits per heavy atom. The summed E-state index contributed by atoms with van der Waals surface area (Å²) >= 11 is 12.9. The smallest absolute Gasteiger partial charge is 0.271 e. The van der Waals surface area contributed by atoms with Gasteiger partial charge in [0.05, 0.1) is 36.1 Å². The largest absolute Gasteiger partial charge is 0.491 e. The van der Waals surface area contributed by atoms with Gasteiger partial charge in [-0.25, -0.2) is 4.98 Å². The topological polar surface area (TPSA) is 123 Å². The number of hydrogen-bond acceptors (Lipinski definition) is 8. The number of ether oxygens (including phenoxy) is 3. The second kappa shape index (κ2) is 13.4. The van der Waals surface area contributed by atoms with Crippen LogP contribution < -0.4 is 15.2 Å². The summed E-state index contributed by atoms with van der Waals surface area (Å²) in [6.45, 7) is 3.78. The Kier molecular flexibility index (Phi) is 9.68. The fourth-order valence-electron chi connectivity index (χ4n) is 5.65. The van der Waals surface area contributed by atoms with Gasteiger partial charge in [-0.1, -0.05) is 47.6 Å². The summed E-state index contributed by atoms with van der Waals surface area (Å²) in [5, 5.41) is 5.19. The first-order valence-electron chi connectivity index (χ1n) is 14.3. The molecule has 2 aliphatic rings. The van der Waals surface area contributed by atoms with Gasteiger partial charge in [0.15, 0.2) is 11.4 Å². The van der Waals surface area contributed by atoms with Crippen LogP contribution in [0.3, 0.4) is 0 Å². The predicted molar refractivity (Wildman–Crippen MR) is 156 cm³/mol. The Morgan fingerprint density at radius 1 is 1.12 bits per heavy atom. The molecule has 11 heteroatoms. The number of nitrogens with two attached hydrogens (primary N) is 1. The van der Waals surface area contributed by atoms with Crippen molar-refractivity contribution in [2.24, 2.45) is 11.1 Å². The van der Waals surface area contributed by atoms with Crippen LogP contribution in [0.25, 0.3) is 11.3 Å². The minimum atomic E-state index is -0.627. The molecule has 3 aromatic rings. The SMILES string of the molecule is CCOc1cc(OCC2(CCCOCc3c(-c4c(Cl)cncc4Cl)noc3C3CC3)CCCCC2)cnc1C(N)=O. The molecule has 9 nitrogen and oxygen atoms in total. The van der Waals surface area contributed by atoms with Crippen LogP contribution in [-0.2, 0) is 11.3 Å². The zero-order valence-corrected chi connectivity index (χ0v) is 24.8.